The van der Waals surface area contributed by atoms with Gasteiger partial charge in [0, 0.05) is 5.41 Å². The number of hydrogen-bond acceptors (Lipinski definition) is 1. The van der Waals surface area contributed by atoms with Gasteiger partial charge in [0.25, 0.3) is 0 Å². The third-order valence-corrected chi connectivity index (χ3v) is 10.5. The summed E-state index contributed by atoms with van der Waals surface area (Å²) in [6.45, 7) is 7.80. The summed E-state index contributed by atoms with van der Waals surface area (Å²) in [7, 11) is 0. The van der Waals surface area contributed by atoms with Crippen molar-refractivity contribution in [1.29, 1.82) is 0 Å². The number of ketones is 1. The van der Waals surface area contributed by atoms with Gasteiger partial charge in [-0.05, 0) is 98.0 Å². The van der Waals surface area contributed by atoms with Crippen LogP contribution in [-0.4, -0.2) is 5.78 Å². The van der Waals surface area contributed by atoms with E-state index in [0.717, 1.165) is 30.1 Å². The highest BCUT2D eigenvalue weighted by molar-refractivity contribution is 6.01. The molecule has 0 amide bonds. The first kappa shape index (κ1) is 17.3. The van der Waals surface area contributed by atoms with E-state index in [2.05, 4.69) is 26.8 Å². The van der Waals surface area contributed by atoms with E-state index in [1.165, 1.54) is 63.4 Å². The minimum atomic E-state index is 0.157. The molecule has 0 spiro atoms. The Morgan fingerprint density at radius 2 is 1.58 bits per heavy atom. The molecule has 5 aliphatic carbocycles. The van der Waals surface area contributed by atoms with Crippen LogP contribution < -0.4 is 0 Å². The van der Waals surface area contributed by atoms with Gasteiger partial charge in [0.15, 0.2) is 5.78 Å². The van der Waals surface area contributed by atoms with Crippen LogP contribution in [0.1, 0.15) is 85.0 Å². The number of carbonyl (C=O) groups excluding carboxylic acids is 1. The molecule has 1 heteroatoms. The Kier molecular flexibility index (Phi) is 3.71. The van der Waals surface area contributed by atoms with Crippen molar-refractivity contribution in [2.24, 2.45) is 39.9 Å². The predicted octanol–water partition coefficient (Wildman–Crippen LogP) is 6.49. The lowest BCUT2D eigenvalue weighted by atomic mass is 9.45. The Labute approximate surface area is 159 Å². The summed E-state index contributed by atoms with van der Waals surface area (Å²) in [4.78, 5) is 11.9. The lowest BCUT2D eigenvalue weighted by Gasteiger charge is -2.60. The van der Waals surface area contributed by atoms with Crippen molar-refractivity contribution in [3.63, 3.8) is 0 Å². The van der Waals surface area contributed by atoms with Crippen LogP contribution in [0.4, 0.5) is 0 Å². The lowest BCUT2D eigenvalue weighted by molar-refractivity contribution is -0.111. The molecule has 0 aliphatic heterocycles. The van der Waals surface area contributed by atoms with E-state index in [1.54, 1.807) is 0 Å². The Morgan fingerprint density at radius 1 is 0.885 bits per heavy atom. The van der Waals surface area contributed by atoms with E-state index >= 15 is 0 Å². The maximum absolute atomic E-state index is 11.9. The first-order chi connectivity index (χ1) is 12.4. The molecule has 0 aromatic carbocycles. The largest absolute Gasteiger partial charge is 0.290 e. The molecule has 5 aliphatic rings. The molecule has 0 N–H and O–H groups in total. The molecule has 142 valence electrons. The Bertz CT molecular complexity index is 680. The topological polar surface area (TPSA) is 17.1 Å². The second-order valence-corrected chi connectivity index (χ2v) is 11.0. The highest BCUT2D eigenvalue weighted by Crippen LogP contribution is 2.72. The highest BCUT2D eigenvalue weighted by atomic mass is 16.1. The molecule has 0 saturated heterocycles. The van der Waals surface area contributed by atoms with Gasteiger partial charge in [0.1, 0.15) is 0 Å². The van der Waals surface area contributed by atoms with Crippen LogP contribution in [0.2, 0.25) is 0 Å². The maximum atomic E-state index is 11.9. The number of fused-ring (bicyclic) bond motifs is 5. The van der Waals surface area contributed by atoms with E-state index < -0.39 is 0 Å². The van der Waals surface area contributed by atoms with Gasteiger partial charge in [-0.15, -0.1) is 0 Å². The molecular weight excluding hydrogens is 316 g/mol. The zero-order valence-electron chi connectivity index (χ0n) is 17.0. The monoisotopic (exact) mass is 352 g/mol. The van der Waals surface area contributed by atoms with E-state index in [9.17, 15) is 4.79 Å². The Morgan fingerprint density at radius 3 is 2.35 bits per heavy atom. The lowest BCUT2D eigenvalue weighted by Crippen LogP contribution is -2.52. The fourth-order valence-electron chi connectivity index (χ4n) is 8.73. The van der Waals surface area contributed by atoms with Crippen molar-refractivity contribution in [2.45, 2.75) is 85.0 Å². The van der Waals surface area contributed by atoms with Crippen molar-refractivity contribution >= 4 is 5.78 Å². The van der Waals surface area contributed by atoms with E-state index in [4.69, 9.17) is 0 Å². The molecule has 4 saturated carbocycles. The molecular formula is C25H36O. The predicted molar refractivity (Wildman–Crippen MR) is 107 cm³/mol. The molecule has 4 fully saturated rings. The number of allylic oxidation sites excluding steroid dienone is 4. The fraction of sp³-hybridized carbons (Fsp3) is 0.800. The Hall–Kier alpha value is -0.850. The molecule has 0 bridgehead atoms. The van der Waals surface area contributed by atoms with Gasteiger partial charge < -0.3 is 0 Å². The molecule has 6 atom stereocenters. The third kappa shape index (κ3) is 2.07. The normalized spacial score (nSPS) is 51.0. The minimum absolute atomic E-state index is 0.157. The molecule has 1 nitrogen and oxygen atoms in total. The van der Waals surface area contributed by atoms with Crippen LogP contribution in [0.3, 0.4) is 0 Å². The van der Waals surface area contributed by atoms with Gasteiger partial charge in [-0.3, -0.25) is 4.79 Å². The van der Waals surface area contributed by atoms with Crippen molar-refractivity contribution in [3.05, 3.63) is 23.8 Å². The standard InChI is InChI=1S/C25H36O/c1-23-13-10-19(26)16-18(23)8-9-20-21(23)11-15-25(3)22(20)12-14-24(25,2)17-6-4-5-7-17/h10,13,16-17,20-22H,4-9,11-12,14-15H2,1-3H3/t20?,21-,22-,23-,24+,25-/m0/s1. The molecule has 26 heavy (non-hydrogen) atoms. The average molecular weight is 353 g/mol. The van der Waals surface area contributed by atoms with Gasteiger partial charge in [0.2, 0.25) is 0 Å². The summed E-state index contributed by atoms with van der Waals surface area (Å²) in [5, 5.41) is 0. The zero-order chi connectivity index (χ0) is 18.2. The molecule has 5 rings (SSSR count). The molecule has 0 aromatic heterocycles. The second-order valence-electron chi connectivity index (χ2n) is 11.0. The minimum Gasteiger partial charge on any atom is -0.290 e. The van der Waals surface area contributed by atoms with Crippen LogP contribution >= 0.6 is 0 Å². The molecule has 0 aromatic rings. The van der Waals surface area contributed by atoms with Crippen LogP contribution in [0.25, 0.3) is 0 Å². The van der Waals surface area contributed by atoms with Gasteiger partial charge in [-0.1, -0.05) is 45.3 Å². The van der Waals surface area contributed by atoms with Gasteiger partial charge in [-0.25, -0.2) is 0 Å². The quantitative estimate of drug-likeness (QED) is 0.527. The third-order valence-electron chi connectivity index (χ3n) is 10.5. The van der Waals surface area contributed by atoms with Crippen LogP contribution in [0.5, 0.6) is 0 Å². The maximum Gasteiger partial charge on any atom is 0.178 e. The van der Waals surface area contributed by atoms with E-state index in [1.807, 2.05) is 12.2 Å². The summed E-state index contributed by atoms with van der Waals surface area (Å²) < 4.78 is 0. The van der Waals surface area contributed by atoms with Crippen molar-refractivity contribution in [2.75, 3.05) is 0 Å². The van der Waals surface area contributed by atoms with Crippen LogP contribution in [0.15, 0.2) is 23.8 Å². The van der Waals surface area contributed by atoms with Gasteiger partial charge >= 0.3 is 0 Å². The number of rotatable bonds is 1. The summed E-state index contributed by atoms with van der Waals surface area (Å²) >= 11 is 0. The number of hydrogen-bond donors (Lipinski definition) is 0. The summed E-state index contributed by atoms with van der Waals surface area (Å²) in [5.41, 5.74) is 2.72. The summed E-state index contributed by atoms with van der Waals surface area (Å²) in [5.74, 6) is 3.74. The first-order valence-corrected chi connectivity index (χ1v) is 11.3. The number of carbonyl (C=O) groups is 1. The molecule has 0 heterocycles. The van der Waals surface area contributed by atoms with Gasteiger partial charge in [0.05, 0.1) is 0 Å². The Balaban J connectivity index is 1.48. The van der Waals surface area contributed by atoms with Gasteiger partial charge in [-0.2, -0.15) is 0 Å². The molecule has 1 unspecified atom stereocenters. The molecule has 0 radical (unpaired) electrons. The van der Waals surface area contributed by atoms with E-state index in [-0.39, 0.29) is 11.2 Å². The van der Waals surface area contributed by atoms with Crippen molar-refractivity contribution in [3.8, 4) is 0 Å². The van der Waals surface area contributed by atoms with Crippen LogP contribution in [-0.2, 0) is 4.79 Å². The summed E-state index contributed by atoms with van der Waals surface area (Å²) in [6.07, 6.45) is 20.2. The second kappa shape index (κ2) is 5.58. The average Bonchev–Trinajstić information content (AvgIpc) is 3.24. The fourth-order valence-corrected chi connectivity index (χ4v) is 8.73. The van der Waals surface area contributed by atoms with Crippen molar-refractivity contribution < 1.29 is 4.79 Å². The van der Waals surface area contributed by atoms with Crippen molar-refractivity contribution in [1.82, 2.24) is 0 Å². The van der Waals surface area contributed by atoms with Crippen LogP contribution in [0, 0.1) is 39.9 Å². The first-order valence-electron chi connectivity index (χ1n) is 11.3. The van der Waals surface area contributed by atoms with E-state index in [0.29, 0.717) is 10.8 Å². The highest BCUT2D eigenvalue weighted by Gasteiger charge is 2.63. The zero-order valence-corrected chi connectivity index (χ0v) is 17.0. The SMILES string of the molecule is C[C@]12C=CC(=O)C=C1CCC1[C@@H]2CC[C@@]2(C)[C@H]1CC[C@]2(C)C1CCCC1. The summed E-state index contributed by atoms with van der Waals surface area (Å²) in [6, 6.07) is 0. The smallest absolute Gasteiger partial charge is 0.178 e.